The first-order valence-electron chi connectivity index (χ1n) is 8.63. The summed E-state index contributed by atoms with van der Waals surface area (Å²) in [5.41, 5.74) is 1.18. The highest BCUT2D eigenvalue weighted by molar-refractivity contribution is 6.05. The van der Waals surface area contributed by atoms with Crippen LogP contribution in [0.1, 0.15) is 23.2 Å². The van der Waals surface area contributed by atoms with Crippen molar-refractivity contribution in [1.29, 1.82) is 0 Å². The number of carbonyl (C=O) groups excluding carboxylic acids is 2. The minimum absolute atomic E-state index is 0.0630. The minimum atomic E-state index is -0.210. The molecular weight excluding hydrogens is 332 g/mol. The van der Waals surface area contributed by atoms with Gasteiger partial charge in [0.25, 0.3) is 5.91 Å². The van der Waals surface area contributed by atoms with Crippen LogP contribution in [0.15, 0.2) is 48.5 Å². The lowest BCUT2D eigenvalue weighted by atomic mass is 10.1. The summed E-state index contributed by atoms with van der Waals surface area (Å²) in [6.45, 7) is 1.37. The van der Waals surface area contributed by atoms with Gasteiger partial charge in [-0.3, -0.25) is 9.59 Å². The van der Waals surface area contributed by atoms with Crippen LogP contribution in [0.5, 0.6) is 11.5 Å². The van der Waals surface area contributed by atoms with Gasteiger partial charge in [0.2, 0.25) is 5.91 Å². The Balaban J connectivity index is 1.54. The number of para-hydroxylation sites is 1. The molecule has 26 heavy (non-hydrogen) atoms. The summed E-state index contributed by atoms with van der Waals surface area (Å²) in [6.07, 6.45) is 1.36. The van der Waals surface area contributed by atoms with E-state index in [1.807, 2.05) is 36.4 Å². The number of hydrogen-bond donors (Lipinski definition) is 1. The largest absolute Gasteiger partial charge is 0.497 e. The molecule has 1 heterocycles. The van der Waals surface area contributed by atoms with Crippen LogP contribution in [-0.4, -0.2) is 38.6 Å². The number of amides is 2. The quantitative estimate of drug-likeness (QED) is 0.776. The average Bonchev–Trinajstić information content (AvgIpc) is 3.11. The van der Waals surface area contributed by atoms with Crippen molar-refractivity contribution in [3.8, 4) is 11.5 Å². The molecule has 1 saturated heterocycles. The molecule has 6 heteroatoms. The maximum atomic E-state index is 12.5. The van der Waals surface area contributed by atoms with E-state index in [-0.39, 0.29) is 11.8 Å². The van der Waals surface area contributed by atoms with Gasteiger partial charge in [0.15, 0.2) is 0 Å². The Morgan fingerprint density at radius 1 is 1.12 bits per heavy atom. The number of methoxy groups -OCH3 is 1. The lowest BCUT2D eigenvalue weighted by Gasteiger charge is -2.19. The minimum Gasteiger partial charge on any atom is -0.497 e. The molecule has 0 unspecified atom stereocenters. The van der Waals surface area contributed by atoms with E-state index in [1.54, 1.807) is 24.1 Å². The van der Waals surface area contributed by atoms with Crippen molar-refractivity contribution in [3.05, 3.63) is 54.1 Å². The Bertz CT molecular complexity index is 774. The fourth-order valence-corrected chi connectivity index (χ4v) is 2.90. The second-order valence-electron chi connectivity index (χ2n) is 5.95. The smallest absolute Gasteiger partial charge is 0.253 e. The highest BCUT2D eigenvalue weighted by atomic mass is 16.5. The standard InChI is InChI=1S/C20H22N2O4/c1-25-15-8-10-16(11-9-15)26-14-12-21-20(24)17-5-2-3-6-18(17)22-13-4-7-19(22)23/h2-3,5-6,8-11H,4,7,12-14H2,1H3,(H,21,24). The van der Waals surface area contributed by atoms with Gasteiger partial charge in [-0.05, 0) is 42.8 Å². The van der Waals surface area contributed by atoms with Gasteiger partial charge < -0.3 is 19.7 Å². The summed E-state index contributed by atoms with van der Waals surface area (Å²) in [5, 5.41) is 2.84. The molecule has 1 fully saturated rings. The van der Waals surface area contributed by atoms with Crippen LogP contribution in [0, 0.1) is 0 Å². The number of anilines is 1. The highest BCUT2D eigenvalue weighted by Gasteiger charge is 2.25. The molecule has 2 aromatic rings. The van der Waals surface area contributed by atoms with Crippen LogP contribution in [0.2, 0.25) is 0 Å². The number of nitrogens with zero attached hydrogens (tertiary/aromatic N) is 1. The lowest BCUT2D eigenvalue weighted by molar-refractivity contribution is -0.117. The molecule has 0 atom stereocenters. The Labute approximate surface area is 152 Å². The topological polar surface area (TPSA) is 67.9 Å². The van der Waals surface area contributed by atoms with E-state index in [0.717, 1.165) is 12.2 Å². The molecule has 2 amide bonds. The van der Waals surface area contributed by atoms with Crippen LogP contribution in [0.25, 0.3) is 0 Å². The molecule has 0 spiro atoms. The van der Waals surface area contributed by atoms with Crippen LogP contribution in [-0.2, 0) is 4.79 Å². The van der Waals surface area contributed by atoms with E-state index < -0.39 is 0 Å². The molecule has 136 valence electrons. The summed E-state index contributed by atoms with van der Waals surface area (Å²) in [7, 11) is 1.61. The predicted molar refractivity (Wildman–Crippen MR) is 98.9 cm³/mol. The maximum Gasteiger partial charge on any atom is 0.253 e. The zero-order valence-electron chi connectivity index (χ0n) is 14.7. The van der Waals surface area contributed by atoms with Crippen molar-refractivity contribution < 1.29 is 19.1 Å². The normalized spacial score (nSPS) is 13.6. The lowest BCUT2D eigenvalue weighted by Crippen LogP contribution is -2.31. The molecular formula is C20H22N2O4. The van der Waals surface area contributed by atoms with Crippen LogP contribution < -0.4 is 19.7 Å². The number of hydrogen-bond acceptors (Lipinski definition) is 4. The average molecular weight is 354 g/mol. The predicted octanol–water partition coefficient (Wildman–Crippen LogP) is 2.63. The van der Waals surface area contributed by atoms with E-state index in [0.29, 0.717) is 43.1 Å². The third kappa shape index (κ3) is 4.14. The number of nitrogens with one attached hydrogen (secondary N) is 1. The van der Waals surface area contributed by atoms with Crippen molar-refractivity contribution in [1.82, 2.24) is 5.32 Å². The molecule has 0 saturated carbocycles. The Morgan fingerprint density at radius 3 is 2.54 bits per heavy atom. The summed E-state index contributed by atoms with van der Waals surface area (Å²) < 4.78 is 10.7. The number of carbonyl (C=O) groups is 2. The third-order valence-corrected chi connectivity index (χ3v) is 4.23. The summed E-state index contributed by atoms with van der Waals surface area (Å²) in [6, 6.07) is 14.4. The van der Waals surface area contributed by atoms with Crippen molar-refractivity contribution >= 4 is 17.5 Å². The van der Waals surface area contributed by atoms with Gasteiger partial charge in [-0.25, -0.2) is 0 Å². The number of benzene rings is 2. The van der Waals surface area contributed by atoms with Gasteiger partial charge in [0, 0.05) is 13.0 Å². The van der Waals surface area contributed by atoms with Gasteiger partial charge in [-0.15, -0.1) is 0 Å². The molecule has 0 bridgehead atoms. The third-order valence-electron chi connectivity index (χ3n) is 4.23. The summed E-state index contributed by atoms with van der Waals surface area (Å²) >= 11 is 0. The molecule has 0 radical (unpaired) electrons. The van der Waals surface area contributed by atoms with E-state index in [2.05, 4.69) is 5.32 Å². The molecule has 1 N–H and O–H groups in total. The Kier molecular flexibility index (Phi) is 5.73. The monoisotopic (exact) mass is 354 g/mol. The molecule has 2 aromatic carbocycles. The molecule has 1 aliphatic rings. The Morgan fingerprint density at radius 2 is 1.85 bits per heavy atom. The molecule has 0 aliphatic carbocycles. The van der Waals surface area contributed by atoms with Crippen molar-refractivity contribution in [3.63, 3.8) is 0 Å². The summed E-state index contributed by atoms with van der Waals surface area (Å²) in [4.78, 5) is 26.2. The second-order valence-corrected chi connectivity index (χ2v) is 5.95. The van der Waals surface area contributed by atoms with E-state index in [9.17, 15) is 9.59 Å². The first kappa shape index (κ1) is 17.8. The fourth-order valence-electron chi connectivity index (χ4n) is 2.90. The van der Waals surface area contributed by atoms with Crippen LogP contribution in [0.4, 0.5) is 5.69 Å². The highest BCUT2D eigenvalue weighted by Crippen LogP contribution is 2.25. The number of ether oxygens (including phenoxy) is 2. The first-order valence-corrected chi connectivity index (χ1v) is 8.63. The van der Waals surface area contributed by atoms with Crippen LogP contribution in [0.3, 0.4) is 0 Å². The van der Waals surface area contributed by atoms with Crippen molar-refractivity contribution in [2.75, 3.05) is 31.7 Å². The maximum absolute atomic E-state index is 12.5. The second kappa shape index (κ2) is 8.38. The number of rotatable bonds is 7. The van der Waals surface area contributed by atoms with Gasteiger partial charge in [0.1, 0.15) is 18.1 Å². The fraction of sp³-hybridized carbons (Fsp3) is 0.300. The van der Waals surface area contributed by atoms with Crippen molar-refractivity contribution in [2.24, 2.45) is 0 Å². The van der Waals surface area contributed by atoms with Gasteiger partial charge >= 0.3 is 0 Å². The Hall–Kier alpha value is -3.02. The van der Waals surface area contributed by atoms with Crippen LogP contribution >= 0.6 is 0 Å². The zero-order valence-corrected chi connectivity index (χ0v) is 14.7. The van der Waals surface area contributed by atoms with Gasteiger partial charge in [-0.2, -0.15) is 0 Å². The first-order chi connectivity index (χ1) is 12.7. The molecule has 1 aliphatic heterocycles. The van der Waals surface area contributed by atoms with E-state index >= 15 is 0 Å². The van der Waals surface area contributed by atoms with Gasteiger partial charge in [-0.1, -0.05) is 12.1 Å². The van der Waals surface area contributed by atoms with Crippen molar-refractivity contribution in [2.45, 2.75) is 12.8 Å². The van der Waals surface area contributed by atoms with E-state index in [1.165, 1.54) is 0 Å². The van der Waals surface area contributed by atoms with E-state index in [4.69, 9.17) is 9.47 Å². The molecule has 0 aromatic heterocycles. The summed E-state index contributed by atoms with van der Waals surface area (Å²) in [5.74, 6) is 1.33. The molecule has 6 nitrogen and oxygen atoms in total. The molecule has 3 rings (SSSR count). The SMILES string of the molecule is COc1ccc(OCCNC(=O)c2ccccc2N2CCCC2=O)cc1. The zero-order chi connectivity index (χ0) is 18.4. The van der Waals surface area contributed by atoms with Gasteiger partial charge in [0.05, 0.1) is 24.9 Å².